The van der Waals surface area contributed by atoms with Gasteiger partial charge in [-0.15, -0.1) is 10.2 Å². The Kier molecular flexibility index (Phi) is 4.59. The Balaban J connectivity index is 1.80. The molecule has 0 bridgehead atoms. The molecule has 1 unspecified atom stereocenters. The minimum atomic E-state index is -0.896. The second-order valence-corrected chi connectivity index (χ2v) is 6.40. The summed E-state index contributed by atoms with van der Waals surface area (Å²) in [5.41, 5.74) is 0. The third-order valence-corrected chi connectivity index (χ3v) is 4.36. The van der Waals surface area contributed by atoms with Gasteiger partial charge in [-0.25, -0.2) is 0 Å². The summed E-state index contributed by atoms with van der Waals surface area (Å²) in [6.07, 6.45) is 2.10. The number of aliphatic carboxylic acids is 1. The number of carbonyl (C=O) groups excluding carboxylic acids is 1. The Bertz CT molecular complexity index is 475. The highest BCUT2D eigenvalue weighted by atomic mass is 32.2. The van der Waals surface area contributed by atoms with Crippen LogP contribution in [0.5, 0.6) is 0 Å². The fourth-order valence-electron chi connectivity index (χ4n) is 1.25. The topological polar surface area (TPSA) is 104 Å². The third-order valence-electron chi connectivity index (χ3n) is 2.38. The minimum absolute atomic E-state index is 0.0493. The lowest BCUT2D eigenvalue weighted by molar-refractivity contribution is -0.134. The number of rotatable bonds is 7. The van der Waals surface area contributed by atoms with Crippen molar-refractivity contribution >= 4 is 40.1 Å². The van der Waals surface area contributed by atoms with Gasteiger partial charge in [0.1, 0.15) is 6.04 Å². The maximum absolute atomic E-state index is 11.7. The number of anilines is 1. The van der Waals surface area contributed by atoms with Gasteiger partial charge in [0.15, 0.2) is 4.34 Å². The van der Waals surface area contributed by atoms with Crippen LogP contribution in [0.1, 0.15) is 19.8 Å². The van der Waals surface area contributed by atoms with Crippen molar-refractivity contribution in [2.24, 2.45) is 0 Å². The van der Waals surface area contributed by atoms with E-state index in [1.54, 1.807) is 6.92 Å². The normalized spacial score (nSPS) is 15.8. The van der Waals surface area contributed by atoms with Gasteiger partial charge in [-0.1, -0.05) is 23.1 Å². The number of carboxylic acid groups (broad SMARTS) is 1. The van der Waals surface area contributed by atoms with Crippen molar-refractivity contribution in [3.63, 3.8) is 0 Å². The van der Waals surface area contributed by atoms with E-state index < -0.39 is 5.97 Å². The lowest BCUT2D eigenvalue weighted by Gasteiger charge is -2.11. The fraction of sp³-hybridized carbons (Fsp3) is 0.600. The molecule has 0 saturated heterocycles. The molecular weight excluding hydrogens is 288 g/mol. The first-order valence-electron chi connectivity index (χ1n) is 5.79. The summed E-state index contributed by atoms with van der Waals surface area (Å²) >= 11 is 2.35. The molecule has 1 amide bonds. The van der Waals surface area contributed by atoms with E-state index >= 15 is 0 Å². The number of aromatic nitrogens is 2. The van der Waals surface area contributed by atoms with E-state index in [4.69, 9.17) is 5.11 Å². The van der Waals surface area contributed by atoms with E-state index in [-0.39, 0.29) is 17.7 Å². The van der Waals surface area contributed by atoms with Crippen LogP contribution in [0.4, 0.5) is 5.13 Å². The molecule has 1 aliphatic rings. The highest BCUT2D eigenvalue weighted by Gasteiger charge is 2.25. The van der Waals surface area contributed by atoms with Crippen LogP contribution in [0.2, 0.25) is 0 Å². The Hall–Kier alpha value is -1.35. The predicted octanol–water partition coefficient (Wildman–Crippen LogP) is 0.794. The Labute approximate surface area is 118 Å². The molecule has 0 aromatic carbocycles. The van der Waals surface area contributed by atoms with Crippen LogP contribution in [0.25, 0.3) is 0 Å². The van der Waals surface area contributed by atoms with Gasteiger partial charge in [0.25, 0.3) is 0 Å². The van der Waals surface area contributed by atoms with Crippen molar-refractivity contribution in [3.8, 4) is 0 Å². The maximum Gasteiger partial charge on any atom is 0.313 e. The second-order valence-electron chi connectivity index (χ2n) is 4.20. The van der Waals surface area contributed by atoms with Crippen molar-refractivity contribution in [1.82, 2.24) is 15.5 Å². The van der Waals surface area contributed by atoms with Crippen LogP contribution >= 0.6 is 23.1 Å². The number of thioether (sulfide) groups is 1. The zero-order valence-electron chi connectivity index (χ0n) is 10.3. The van der Waals surface area contributed by atoms with E-state index in [1.165, 1.54) is 11.3 Å². The van der Waals surface area contributed by atoms with Gasteiger partial charge in [-0.05, 0) is 19.8 Å². The maximum atomic E-state index is 11.7. The van der Waals surface area contributed by atoms with Gasteiger partial charge in [0, 0.05) is 6.04 Å². The fourth-order valence-corrected chi connectivity index (χ4v) is 2.81. The summed E-state index contributed by atoms with van der Waals surface area (Å²) in [6.45, 7) is 1.75. The molecule has 9 heteroatoms. The third kappa shape index (κ3) is 4.67. The van der Waals surface area contributed by atoms with Crippen LogP contribution in [-0.2, 0) is 9.59 Å². The van der Waals surface area contributed by atoms with Crippen LogP contribution in [0.15, 0.2) is 4.34 Å². The molecule has 2 rings (SSSR count). The smallest absolute Gasteiger partial charge is 0.313 e. The highest BCUT2D eigenvalue weighted by Crippen LogP contribution is 2.25. The Morgan fingerprint density at radius 1 is 1.53 bits per heavy atom. The first-order chi connectivity index (χ1) is 9.04. The average Bonchev–Trinajstić information content (AvgIpc) is 3.05. The van der Waals surface area contributed by atoms with Gasteiger partial charge in [-0.3, -0.25) is 9.59 Å². The first-order valence-corrected chi connectivity index (χ1v) is 7.60. The largest absolute Gasteiger partial charge is 0.481 e. The van der Waals surface area contributed by atoms with Crippen LogP contribution in [0.3, 0.4) is 0 Å². The van der Waals surface area contributed by atoms with Crippen molar-refractivity contribution < 1.29 is 14.7 Å². The number of amides is 1. The molecule has 1 fully saturated rings. The monoisotopic (exact) mass is 302 g/mol. The highest BCUT2D eigenvalue weighted by molar-refractivity contribution is 8.01. The van der Waals surface area contributed by atoms with Crippen molar-refractivity contribution in [2.45, 2.75) is 36.2 Å². The standard InChI is InChI=1S/C10H14N4O3S2/c1-5(8(17)12-6-2-3-6)11-9-13-14-10(19-9)18-4-7(15)16/h5-6H,2-4H2,1H3,(H,11,13)(H,12,17)(H,15,16). The van der Waals surface area contributed by atoms with E-state index in [0.717, 1.165) is 24.6 Å². The molecule has 19 heavy (non-hydrogen) atoms. The summed E-state index contributed by atoms with van der Waals surface area (Å²) in [7, 11) is 0. The van der Waals surface area contributed by atoms with Gasteiger partial charge in [0.2, 0.25) is 11.0 Å². The quantitative estimate of drug-likeness (QED) is 0.640. The lowest BCUT2D eigenvalue weighted by Crippen LogP contribution is -2.38. The predicted molar refractivity (Wildman–Crippen MR) is 72.5 cm³/mol. The molecule has 1 aromatic rings. The molecule has 0 spiro atoms. The molecular formula is C10H14N4O3S2. The molecule has 1 heterocycles. The summed E-state index contributed by atoms with van der Waals surface area (Å²) < 4.78 is 0.569. The SMILES string of the molecule is CC(Nc1nnc(SCC(=O)O)s1)C(=O)NC1CC1. The molecule has 104 valence electrons. The average molecular weight is 302 g/mol. The molecule has 1 aromatic heterocycles. The van der Waals surface area contributed by atoms with E-state index in [1.807, 2.05) is 0 Å². The minimum Gasteiger partial charge on any atom is -0.481 e. The summed E-state index contributed by atoms with van der Waals surface area (Å²) in [4.78, 5) is 22.1. The number of hydrogen-bond acceptors (Lipinski definition) is 7. The zero-order valence-corrected chi connectivity index (χ0v) is 11.9. The summed E-state index contributed by atoms with van der Waals surface area (Å²) in [5, 5.41) is 22.6. The van der Waals surface area contributed by atoms with Crippen LogP contribution in [-0.4, -0.2) is 45.0 Å². The number of nitrogens with one attached hydrogen (secondary N) is 2. The number of carboxylic acids is 1. The first kappa shape index (κ1) is 14.1. The molecule has 0 radical (unpaired) electrons. The van der Waals surface area contributed by atoms with Crippen molar-refractivity contribution in [3.05, 3.63) is 0 Å². The van der Waals surface area contributed by atoms with Gasteiger partial charge < -0.3 is 15.7 Å². The van der Waals surface area contributed by atoms with Gasteiger partial charge in [-0.2, -0.15) is 0 Å². The number of carbonyl (C=O) groups is 2. The molecule has 0 aliphatic heterocycles. The second kappa shape index (κ2) is 6.20. The van der Waals surface area contributed by atoms with Crippen LogP contribution in [0, 0.1) is 0 Å². The molecule has 1 atom stereocenters. The Morgan fingerprint density at radius 3 is 2.89 bits per heavy atom. The number of nitrogens with zero attached hydrogens (tertiary/aromatic N) is 2. The van der Waals surface area contributed by atoms with Gasteiger partial charge >= 0.3 is 5.97 Å². The molecule has 1 saturated carbocycles. The van der Waals surface area contributed by atoms with E-state index in [9.17, 15) is 9.59 Å². The number of hydrogen-bond donors (Lipinski definition) is 3. The van der Waals surface area contributed by atoms with E-state index in [0.29, 0.717) is 15.5 Å². The molecule has 7 nitrogen and oxygen atoms in total. The lowest BCUT2D eigenvalue weighted by atomic mass is 10.3. The van der Waals surface area contributed by atoms with Crippen molar-refractivity contribution in [2.75, 3.05) is 11.1 Å². The van der Waals surface area contributed by atoms with Crippen molar-refractivity contribution in [1.29, 1.82) is 0 Å². The van der Waals surface area contributed by atoms with Crippen LogP contribution < -0.4 is 10.6 Å². The van der Waals surface area contributed by atoms with Gasteiger partial charge in [0.05, 0.1) is 5.75 Å². The molecule has 1 aliphatic carbocycles. The van der Waals surface area contributed by atoms with E-state index in [2.05, 4.69) is 20.8 Å². The summed E-state index contributed by atoms with van der Waals surface area (Å²) in [5.74, 6) is -1.00. The zero-order chi connectivity index (χ0) is 13.8. The molecule has 3 N–H and O–H groups in total. The Morgan fingerprint density at radius 2 is 2.26 bits per heavy atom. The summed E-state index contributed by atoms with van der Waals surface area (Å²) in [6, 6.07) is -0.0567.